The average molecular weight is 695 g/mol. The molecule has 2 unspecified atom stereocenters. The van der Waals surface area contributed by atoms with Crippen LogP contribution in [0.2, 0.25) is 10.0 Å². The molecule has 0 aliphatic rings. The first-order chi connectivity index (χ1) is 18.8. The van der Waals surface area contributed by atoms with Gasteiger partial charge in [0, 0.05) is 16.5 Å². The fraction of sp³-hybridized carbons (Fsp3) is 0.423. The number of benzene rings is 2. The summed E-state index contributed by atoms with van der Waals surface area (Å²) in [5, 5.41) is 18.8. The topological polar surface area (TPSA) is 169 Å². The summed E-state index contributed by atoms with van der Waals surface area (Å²) in [4.78, 5) is 49.0. The van der Waals surface area contributed by atoms with Crippen molar-refractivity contribution in [2.45, 2.75) is 52.3 Å². The third-order valence-electron chi connectivity index (χ3n) is 5.82. The fourth-order valence-electron chi connectivity index (χ4n) is 3.63. The van der Waals surface area contributed by atoms with E-state index in [1.54, 1.807) is 56.3 Å². The second kappa shape index (κ2) is 21.4. The van der Waals surface area contributed by atoms with Gasteiger partial charge in [-0.15, -0.1) is 0 Å². The molecule has 0 aliphatic carbocycles. The third kappa shape index (κ3) is 15.7. The van der Waals surface area contributed by atoms with E-state index < -0.39 is 50.1 Å². The van der Waals surface area contributed by atoms with Crippen LogP contribution in [0.4, 0.5) is 0 Å². The van der Waals surface area contributed by atoms with E-state index in [-0.39, 0.29) is 122 Å². The van der Waals surface area contributed by atoms with Crippen LogP contribution in [-0.4, -0.2) is 43.0 Å². The SMILES string of the molecule is CCOP(=O)([O-])N[C@H](C(=O)NC(Cc1ccc(OCc2cc(Cl)cc(Cl)c2)cc1)C(=O)NCC(=O)[O-])[C@@H](C)CC.[K+].[K+]. The summed E-state index contributed by atoms with van der Waals surface area (Å²) in [5.74, 6) is -2.98. The van der Waals surface area contributed by atoms with Crippen molar-refractivity contribution in [3.05, 3.63) is 63.6 Å². The monoisotopic (exact) mass is 693 g/mol. The minimum absolute atomic E-state index is 0. The predicted octanol–water partition coefficient (Wildman–Crippen LogP) is -4.02. The van der Waals surface area contributed by atoms with Crippen LogP contribution in [0.1, 0.15) is 38.3 Å². The average Bonchev–Trinajstić information content (AvgIpc) is 2.88. The number of nitrogens with one attached hydrogen (secondary N) is 3. The van der Waals surface area contributed by atoms with Crippen molar-refractivity contribution in [2.24, 2.45) is 5.92 Å². The maximum atomic E-state index is 13.2. The predicted molar refractivity (Wildman–Crippen MR) is 146 cm³/mol. The Morgan fingerprint density at radius 3 is 2.10 bits per heavy atom. The number of carboxylic acids is 1. The molecule has 4 atom stereocenters. The van der Waals surface area contributed by atoms with Crippen LogP contribution < -0.4 is 133 Å². The summed E-state index contributed by atoms with van der Waals surface area (Å²) in [6.07, 6.45) is 0.421. The number of ether oxygens (including phenoxy) is 1. The van der Waals surface area contributed by atoms with Gasteiger partial charge in [-0.2, -0.15) is 0 Å². The van der Waals surface area contributed by atoms with Gasteiger partial charge in [0.05, 0.1) is 25.2 Å². The number of hydrogen-bond acceptors (Lipinski definition) is 8. The van der Waals surface area contributed by atoms with E-state index in [4.69, 9.17) is 32.5 Å². The summed E-state index contributed by atoms with van der Waals surface area (Å²) in [6.45, 7) is 4.26. The zero-order valence-corrected chi connectivity index (χ0v) is 32.9. The van der Waals surface area contributed by atoms with Gasteiger partial charge >= 0.3 is 103 Å². The molecule has 0 bridgehead atoms. The van der Waals surface area contributed by atoms with Crippen LogP contribution in [-0.2, 0) is 36.5 Å². The molecular formula is C26H32Cl2K2N3O8P. The van der Waals surface area contributed by atoms with E-state index in [0.29, 0.717) is 27.8 Å². The molecule has 16 heteroatoms. The van der Waals surface area contributed by atoms with Crippen LogP contribution in [0.3, 0.4) is 0 Å². The first-order valence-corrected chi connectivity index (χ1v) is 14.8. The summed E-state index contributed by atoms with van der Waals surface area (Å²) in [6, 6.07) is 9.29. The van der Waals surface area contributed by atoms with Crippen LogP contribution in [0.25, 0.3) is 0 Å². The van der Waals surface area contributed by atoms with E-state index >= 15 is 0 Å². The number of aliphatic carboxylic acids is 1. The third-order valence-corrected chi connectivity index (χ3v) is 7.45. The van der Waals surface area contributed by atoms with Crippen molar-refractivity contribution < 1.29 is 141 Å². The van der Waals surface area contributed by atoms with Crippen LogP contribution >= 0.6 is 30.9 Å². The second-order valence-electron chi connectivity index (χ2n) is 8.97. The minimum Gasteiger partial charge on any atom is -0.766 e. The summed E-state index contributed by atoms with van der Waals surface area (Å²) in [7, 11) is -4.55. The maximum Gasteiger partial charge on any atom is 1.00 e. The maximum absolute atomic E-state index is 13.2. The van der Waals surface area contributed by atoms with Gasteiger partial charge in [0.1, 0.15) is 18.4 Å². The van der Waals surface area contributed by atoms with Gasteiger partial charge in [-0.1, -0.05) is 55.6 Å². The Balaban J connectivity index is 0.00000840. The molecule has 0 aromatic heterocycles. The molecule has 2 rings (SSSR count). The van der Waals surface area contributed by atoms with Gasteiger partial charge in [-0.05, 0) is 54.3 Å². The first-order valence-electron chi connectivity index (χ1n) is 12.5. The zero-order chi connectivity index (χ0) is 29.9. The van der Waals surface area contributed by atoms with Gasteiger partial charge in [0.15, 0.2) is 0 Å². The van der Waals surface area contributed by atoms with Gasteiger partial charge in [0.25, 0.3) is 0 Å². The van der Waals surface area contributed by atoms with E-state index in [1.165, 1.54) is 6.92 Å². The number of hydrogen-bond donors (Lipinski definition) is 3. The van der Waals surface area contributed by atoms with Gasteiger partial charge in [-0.3, -0.25) is 14.2 Å². The Morgan fingerprint density at radius 1 is 0.976 bits per heavy atom. The molecule has 0 spiro atoms. The van der Waals surface area contributed by atoms with Gasteiger partial charge in [0.2, 0.25) is 19.6 Å². The molecule has 220 valence electrons. The minimum atomic E-state index is -4.55. The van der Waals surface area contributed by atoms with Crippen molar-refractivity contribution in [1.29, 1.82) is 0 Å². The molecule has 2 aromatic carbocycles. The van der Waals surface area contributed by atoms with Crippen molar-refractivity contribution in [1.82, 2.24) is 15.7 Å². The Bertz CT molecular complexity index is 1210. The summed E-state index contributed by atoms with van der Waals surface area (Å²) < 4.78 is 22.7. The molecule has 0 radical (unpaired) electrons. The van der Waals surface area contributed by atoms with Crippen LogP contribution in [0, 0.1) is 5.92 Å². The standard InChI is InChI=1S/C26H34Cl2N3O8P.2K/c1-4-16(3)24(31-40(36,37)39-5-2)26(35)30-22(25(34)29-14-23(32)33)12-17-6-8-21(9-7-17)38-15-18-10-19(27)13-20(28)11-18;;/h6-11,13,16,22,24H,4-5,12,14-15H2,1-3H3,(H,29,34)(H,30,35)(H,32,33)(H2,31,36,37);;/q;2*+1/p-2/t16-,22?,24-;;/m0../s1. The number of carboxylic acid groups (broad SMARTS) is 1. The van der Waals surface area contributed by atoms with E-state index in [1.807, 2.05) is 0 Å². The van der Waals surface area contributed by atoms with Gasteiger partial charge < -0.3 is 34.7 Å². The smallest absolute Gasteiger partial charge is 0.766 e. The Labute approximate surface area is 341 Å². The molecule has 42 heavy (non-hydrogen) atoms. The van der Waals surface area contributed by atoms with Crippen molar-refractivity contribution in [3.8, 4) is 5.75 Å². The number of halogens is 2. The van der Waals surface area contributed by atoms with Crippen LogP contribution in [0.5, 0.6) is 5.75 Å². The van der Waals surface area contributed by atoms with Crippen molar-refractivity contribution in [3.63, 3.8) is 0 Å². The van der Waals surface area contributed by atoms with Gasteiger partial charge in [-0.25, -0.2) is 5.09 Å². The van der Waals surface area contributed by atoms with E-state index in [2.05, 4.69) is 15.7 Å². The first kappa shape index (κ1) is 42.6. The van der Waals surface area contributed by atoms with Crippen molar-refractivity contribution >= 4 is 48.7 Å². The van der Waals surface area contributed by atoms with E-state index in [0.717, 1.165) is 5.56 Å². The molecule has 0 fully saturated rings. The van der Waals surface area contributed by atoms with E-state index in [9.17, 15) is 28.9 Å². The fourth-order valence-corrected chi connectivity index (χ4v) is 5.33. The Morgan fingerprint density at radius 2 is 1.57 bits per heavy atom. The normalized spacial score (nSPS) is 14.1. The van der Waals surface area contributed by atoms with Crippen LogP contribution in [0.15, 0.2) is 42.5 Å². The molecular weight excluding hydrogens is 662 g/mol. The molecule has 0 heterocycles. The summed E-state index contributed by atoms with van der Waals surface area (Å²) in [5.41, 5.74) is 1.38. The number of rotatable bonds is 16. The molecule has 3 N–H and O–H groups in total. The molecule has 2 amide bonds. The zero-order valence-electron chi connectivity index (χ0n) is 24.3. The molecule has 0 saturated heterocycles. The number of carbonyl (C=O) groups excluding carboxylic acids is 3. The second-order valence-corrected chi connectivity index (χ2v) is 11.4. The molecule has 0 aliphatic heterocycles. The molecule has 0 saturated carbocycles. The molecule has 11 nitrogen and oxygen atoms in total. The summed E-state index contributed by atoms with van der Waals surface area (Å²) >= 11 is 12.0. The number of carbonyl (C=O) groups is 3. The number of amides is 2. The molecule has 2 aromatic rings. The Hall–Kier alpha value is 0.613. The largest absolute Gasteiger partial charge is 1.00 e. The Kier molecular flexibility index (Phi) is 21.7. The quantitative estimate of drug-likeness (QED) is 0.117. The van der Waals surface area contributed by atoms with Crippen molar-refractivity contribution in [2.75, 3.05) is 13.2 Å².